The monoisotopic (exact) mass is 417 g/mol. The predicted molar refractivity (Wildman–Crippen MR) is 119 cm³/mol. The van der Waals surface area contributed by atoms with Gasteiger partial charge in [0.1, 0.15) is 5.60 Å². The molecule has 7 heteroatoms. The third-order valence-corrected chi connectivity index (χ3v) is 4.26. The molecule has 0 heterocycles. The average Bonchev–Trinajstić information content (AvgIpc) is 2.58. The van der Waals surface area contributed by atoms with Crippen molar-refractivity contribution in [2.24, 2.45) is 5.41 Å². The Balaban J connectivity index is 2.41. The van der Waals surface area contributed by atoms with Gasteiger partial charge in [0.2, 0.25) is 11.8 Å². The standard InChI is InChI=1S/C23H35N3O4/c1-16(22(2,3)4)14-20(28)25-15-17-8-10-18(11-9-17)26-19(27)12-13-24-21(29)30-23(5,6)7/h8-11,14H,12-13,15H2,1-7H3,(H,24,29)(H,25,28)(H,26,27)/b16-14+. The van der Waals surface area contributed by atoms with Crippen molar-refractivity contribution in [1.29, 1.82) is 0 Å². The summed E-state index contributed by atoms with van der Waals surface area (Å²) in [5.41, 5.74) is 1.97. The Kier molecular flexibility index (Phi) is 9.08. The molecule has 1 aromatic rings. The predicted octanol–water partition coefficient (Wildman–Crippen LogP) is 4.15. The van der Waals surface area contributed by atoms with Crippen LogP contribution in [0.4, 0.5) is 10.5 Å². The third-order valence-electron chi connectivity index (χ3n) is 4.26. The molecule has 0 spiro atoms. The highest BCUT2D eigenvalue weighted by molar-refractivity contribution is 5.91. The van der Waals surface area contributed by atoms with Crippen molar-refractivity contribution in [3.05, 3.63) is 41.5 Å². The molecule has 0 aromatic heterocycles. The summed E-state index contributed by atoms with van der Waals surface area (Å²) in [5.74, 6) is -0.341. The van der Waals surface area contributed by atoms with Gasteiger partial charge >= 0.3 is 6.09 Å². The van der Waals surface area contributed by atoms with Gasteiger partial charge < -0.3 is 20.7 Å². The van der Waals surface area contributed by atoms with Crippen LogP contribution in [-0.2, 0) is 20.9 Å². The molecule has 0 saturated carbocycles. The van der Waals surface area contributed by atoms with Gasteiger partial charge in [-0.25, -0.2) is 4.79 Å². The van der Waals surface area contributed by atoms with Gasteiger partial charge in [-0.3, -0.25) is 9.59 Å². The van der Waals surface area contributed by atoms with E-state index in [1.807, 2.05) is 19.1 Å². The molecule has 0 aliphatic heterocycles. The van der Waals surface area contributed by atoms with Crippen LogP contribution in [0.3, 0.4) is 0 Å². The van der Waals surface area contributed by atoms with Crippen LogP contribution >= 0.6 is 0 Å². The first-order valence-corrected chi connectivity index (χ1v) is 10.1. The van der Waals surface area contributed by atoms with Crippen molar-refractivity contribution in [1.82, 2.24) is 10.6 Å². The smallest absolute Gasteiger partial charge is 0.407 e. The zero-order valence-electron chi connectivity index (χ0n) is 19.1. The summed E-state index contributed by atoms with van der Waals surface area (Å²) < 4.78 is 5.11. The Labute approximate surface area is 179 Å². The van der Waals surface area contributed by atoms with Crippen LogP contribution in [0.2, 0.25) is 0 Å². The van der Waals surface area contributed by atoms with Crippen molar-refractivity contribution in [3.8, 4) is 0 Å². The lowest BCUT2D eigenvalue weighted by atomic mass is 9.87. The van der Waals surface area contributed by atoms with Crippen LogP contribution in [0.25, 0.3) is 0 Å². The van der Waals surface area contributed by atoms with E-state index in [4.69, 9.17) is 4.74 Å². The molecule has 1 aromatic carbocycles. The summed E-state index contributed by atoms with van der Waals surface area (Å²) in [7, 11) is 0. The van der Waals surface area contributed by atoms with Crippen LogP contribution in [0.1, 0.15) is 60.5 Å². The Morgan fingerprint density at radius 3 is 2.10 bits per heavy atom. The fraction of sp³-hybridized carbons (Fsp3) is 0.522. The second-order valence-corrected chi connectivity index (χ2v) is 9.22. The van der Waals surface area contributed by atoms with Crippen molar-refractivity contribution in [2.45, 2.75) is 67.0 Å². The van der Waals surface area contributed by atoms with Crippen LogP contribution in [0, 0.1) is 5.41 Å². The third kappa shape index (κ3) is 10.6. The number of anilines is 1. The summed E-state index contributed by atoms with van der Waals surface area (Å²) in [4.78, 5) is 35.6. The molecule has 0 radical (unpaired) electrons. The number of hydrogen-bond donors (Lipinski definition) is 3. The molecule has 7 nitrogen and oxygen atoms in total. The van der Waals surface area contributed by atoms with Gasteiger partial charge in [-0.1, -0.05) is 38.5 Å². The summed E-state index contributed by atoms with van der Waals surface area (Å²) in [6.45, 7) is 14.0. The molecular weight excluding hydrogens is 382 g/mol. The van der Waals surface area contributed by atoms with Gasteiger partial charge in [0, 0.05) is 31.3 Å². The minimum Gasteiger partial charge on any atom is -0.444 e. The molecule has 1 rings (SSSR count). The lowest BCUT2D eigenvalue weighted by Gasteiger charge is -2.19. The molecule has 0 atom stereocenters. The van der Waals surface area contributed by atoms with Crippen molar-refractivity contribution in [3.63, 3.8) is 0 Å². The molecule has 0 bridgehead atoms. The lowest BCUT2D eigenvalue weighted by molar-refractivity contribution is -0.117. The van der Waals surface area contributed by atoms with E-state index in [1.54, 1.807) is 39.0 Å². The first-order chi connectivity index (χ1) is 13.8. The number of rotatable bonds is 7. The van der Waals surface area contributed by atoms with Crippen molar-refractivity contribution < 1.29 is 19.1 Å². The van der Waals surface area contributed by atoms with E-state index in [1.165, 1.54) is 0 Å². The summed E-state index contributed by atoms with van der Waals surface area (Å²) in [5, 5.41) is 8.18. The minimum absolute atomic E-state index is 0.0420. The van der Waals surface area contributed by atoms with Crippen LogP contribution in [0.5, 0.6) is 0 Å². The van der Waals surface area contributed by atoms with Crippen molar-refractivity contribution >= 4 is 23.6 Å². The quantitative estimate of drug-likeness (QED) is 0.581. The summed E-state index contributed by atoms with van der Waals surface area (Å²) in [6.07, 6.45) is 1.21. The Hall–Kier alpha value is -2.83. The number of amides is 3. The first kappa shape index (κ1) is 25.2. The van der Waals surface area contributed by atoms with Crippen LogP contribution < -0.4 is 16.0 Å². The number of benzene rings is 1. The van der Waals surface area contributed by atoms with E-state index in [-0.39, 0.29) is 30.2 Å². The van der Waals surface area contributed by atoms with Crippen LogP contribution in [0.15, 0.2) is 35.9 Å². The Bertz CT molecular complexity index is 769. The average molecular weight is 418 g/mol. The van der Waals surface area contributed by atoms with E-state index in [9.17, 15) is 14.4 Å². The fourth-order valence-corrected chi connectivity index (χ4v) is 2.18. The second-order valence-electron chi connectivity index (χ2n) is 9.22. The molecule has 3 N–H and O–H groups in total. The number of carbonyl (C=O) groups excluding carboxylic acids is 3. The zero-order chi connectivity index (χ0) is 22.9. The molecule has 0 aliphatic carbocycles. The van der Waals surface area contributed by atoms with E-state index in [0.29, 0.717) is 12.2 Å². The van der Waals surface area contributed by atoms with Crippen LogP contribution in [-0.4, -0.2) is 30.1 Å². The molecular formula is C23H35N3O4. The molecule has 3 amide bonds. The topological polar surface area (TPSA) is 96.5 Å². The number of hydrogen-bond acceptors (Lipinski definition) is 4. The maximum absolute atomic E-state index is 12.0. The Morgan fingerprint density at radius 2 is 1.57 bits per heavy atom. The fourth-order valence-electron chi connectivity index (χ4n) is 2.18. The highest BCUT2D eigenvalue weighted by atomic mass is 16.6. The Morgan fingerprint density at radius 1 is 0.967 bits per heavy atom. The number of allylic oxidation sites excluding steroid dienone is 1. The van der Waals surface area contributed by atoms with E-state index >= 15 is 0 Å². The van der Waals surface area contributed by atoms with Gasteiger partial charge in [0.15, 0.2) is 0 Å². The van der Waals surface area contributed by atoms with Gasteiger partial charge in [-0.05, 0) is 50.8 Å². The normalized spacial score (nSPS) is 12.2. The highest BCUT2D eigenvalue weighted by Gasteiger charge is 2.16. The molecule has 166 valence electrons. The minimum atomic E-state index is -0.574. The summed E-state index contributed by atoms with van der Waals surface area (Å²) in [6, 6.07) is 7.23. The maximum atomic E-state index is 12.0. The van der Waals surface area contributed by atoms with E-state index < -0.39 is 11.7 Å². The molecule has 0 aliphatic rings. The van der Waals surface area contributed by atoms with E-state index in [2.05, 4.69) is 36.7 Å². The summed E-state index contributed by atoms with van der Waals surface area (Å²) >= 11 is 0. The first-order valence-electron chi connectivity index (χ1n) is 10.1. The number of ether oxygens (including phenoxy) is 1. The molecule has 0 saturated heterocycles. The van der Waals surface area contributed by atoms with Gasteiger partial charge in [0.05, 0.1) is 0 Å². The number of nitrogens with one attached hydrogen (secondary N) is 3. The van der Waals surface area contributed by atoms with Crippen molar-refractivity contribution in [2.75, 3.05) is 11.9 Å². The van der Waals surface area contributed by atoms with E-state index in [0.717, 1.165) is 11.1 Å². The largest absolute Gasteiger partial charge is 0.444 e. The zero-order valence-corrected chi connectivity index (χ0v) is 19.1. The maximum Gasteiger partial charge on any atom is 0.407 e. The van der Waals surface area contributed by atoms with Gasteiger partial charge in [0.25, 0.3) is 0 Å². The second kappa shape index (κ2) is 10.8. The lowest BCUT2D eigenvalue weighted by Crippen LogP contribution is -2.34. The molecule has 0 unspecified atom stereocenters. The molecule has 0 fully saturated rings. The highest BCUT2D eigenvalue weighted by Crippen LogP contribution is 2.23. The molecule has 30 heavy (non-hydrogen) atoms. The SMILES string of the molecule is C/C(=C\C(=O)NCc1ccc(NC(=O)CCNC(=O)OC(C)(C)C)cc1)C(C)(C)C. The van der Waals surface area contributed by atoms with Gasteiger partial charge in [-0.15, -0.1) is 0 Å². The number of carbonyl (C=O) groups is 3. The van der Waals surface area contributed by atoms with Gasteiger partial charge in [-0.2, -0.15) is 0 Å². The number of alkyl carbamates (subject to hydrolysis) is 1.